The van der Waals surface area contributed by atoms with E-state index in [4.69, 9.17) is 4.42 Å². The van der Waals surface area contributed by atoms with Crippen LogP contribution in [0.1, 0.15) is 24.3 Å². The van der Waals surface area contributed by atoms with Crippen molar-refractivity contribution in [1.29, 1.82) is 0 Å². The third kappa shape index (κ3) is 2.96. The van der Waals surface area contributed by atoms with Gasteiger partial charge in [-0.2, -0.15) is 0 Å². The van der Waals surface area contributed by atoms with E-state index < -0.39 is 0 Å². The number of amides is 1. The molecule has 6 heteroatoms. The summed E-state index contributed by atoms with van der Waals surface area (Å²) in [6.07, 6.45) is 3.38. The molecule has 1 aromatic heterocycles. The second-order valence-electron chi connectivity index (χ2n) is 3.72. The Morgan fingerprint density at radius 1 is 1.75 bits per heavy atom. The van der Waals surface area contributed by atoms with Crippen LogP contribution in [0.5, 0.6) is 0 Å². The van der Waals surface area contributed by atoms with Crippen molar-refractivity contribution in [2.75, 3.05) is 6.54 Å². The smallest absolute Gasteiger partial charge is 0.237 e. The highest BCUT2D eigenvalue weighted by molar-refractivity contribution is 5.85. The molecule has 1 aliphatic rings. The van der Waals surface area contributed by atoms with Crippen molar-refractivity contribution in [1.82, 2.24) is 15.6 Å². The minimum Gasteiger partial charge on any atom is -0.448 e. The fourth-order valence-corrected chi connectivity index (χ4v) is 1.70. The quantitative estimate of drug-likeness (QED) is 0.826. The van der Waals surface area contributed by atoms with Crippen molar-refractivity contribution < 1.29 is 9.21 Å². The highest BCUT2D eigenvalue weighted by atomic mass is 35.5. The van der Waals surface area contributed by atoms with E-state index in [1.807, 2.05) is 6.92 Å². The SMILES string of the molecule is Cc1ocnc1CNC(=O)[C@@H]1CCCN1.Cl. The van der Waals surface area contributed by atoms with Crippen LogP contribution in [0.2, 0.25) is 0 Å². The molecular formula is C10H16ClN3O2. The summed E-state index contributed by atoms with van der Waals surface area (Å²) in [5, 5.41) is 5.99. The first-order valence-corrected chi connectivity index (χ1v) is 5.17. The molecule has 0 bridgehead atoms. The monoisotopic (exact) mass is 245 g/mol. The first-order valence-electron chi connectivity index (χ1n) is 5.17. The molecule has 1 saturated heterocycles. The summed E-state index contributed by atoms with van der Waals surface area (Å²) in [6.45, 7) is 3.21. The van der Waals surface area contributed by atoms with E-state index in [-0.39, 0.29) is 24.4 Å². The molecule has 1 aliphatic heterocycles. The number of nitrogens with one attached hydrogen (secondary N) is 2. The molecule has 1 amide bonds. The van der Waals surface area contributed by atoms with Gasteiger partial charge in [0.1, 0.15) is 11.5 Å². The second kappa shape index (κ2) is 5.86. The van der Waals surface area contributed by atoms with Crippen molar-refractivity contribution in [2.24, 2.45) is 0 Å². The Hall–Kier alpha value is -1.07. The minimum absolute atomic E-state index is 0. The van der Waals surface area contributed by atoms with Crippen molar-refractivity contribution in [3.05, 3.63) is 17.8 Å². The van der Waals surface area contributed by atoms with Gasteiger partial charge in [-0.25, -0.2) is 4.98 Å². The molecule has 0 saturated carbocycles. The summed E-state index contributed by atoms with van der Waals surface area (Å²) in [5.74, 6) is 0.810. The molecule has 2 rings (SSSR count). The largest absolute Gasteiger partial charge is 0.448 e. The maximum absolute atomic E-state index is 11.6. The highest BCUT2D eigenvalue weighted by Crippen LogP contribution is 2.06. The Bertz CT molecular complexity index is 348. The van der Waals surface area contributed by atoms with Crippen LogP contribution < -0.4 is 10.6 Å². The van der Waals surface area contributed by atoms with E-state index >= 15 is 0 Å². The maximum Gasteiger partial charge on any atom is 0.237 e. The summed E-state index contributed by atoms with van der Waals surface area (Å²) >= 11 is 0. The predicted molar refractivity (Wildman–Crippen MR) is 61.4 cm³/mol. The average Bonchev–Trinajstić information content (AvgIpc) is 2.85. The number of aromatic nitrogens is 1. The average molecular weight is 246 g/mol. The van der Waals surface area contributed by atoms with Gasteiger partial charge in [-0.15, -0.1) is 12.4 Å². The van der Waals surface area contributed by atoms with Crippen LogP contribution in [0.25, 0.3) is 0 Å². The number of aryl methyl sites for hydroxylation is 1. The normalized spacial score (nSPS) is 19.2. The Balaban J connectivity index is 0.00000128. The number of oxazole rings is 1. The number of carbonyl (C=O) groups is 1. The number of hydrogen-bond donors (Lipinski definition) is 2. The van der Waals surface area contributed by atoms with Crippen molar-refractivity contribution in [3.8, 4) is 0 Å². The van der Waals surface area contributed by atoms with E-state index in [0.29, 0.717) is 6.54 Å². The molecule has 1 atom stereocenters. The summed E-state index contributed by atoms with van der Waals surface area (Å²) in [5.41, 5.74) is 0.793. The molecule has 0 unspecified atom stereocenters. The van der Waals surface area contributed by atoms with E-state index in [1.165, 1.54) is 6.39 Å². The van der Waals surface area contributed by atoms with Gasteiger partial charge in [0.25, 0.3) is 0 Å². The lowest BCUT2D eigenvalue weighted by Gasteiger charge is -2.09. The third-order valence-electron chi connectivity index (χ3n) is 2.65. The third-order valence-corrected chi connectivity index (χ3v) is 2.65. The molecule has 1 aromatic rings. The molecule has 0 spiro atoms. The molecule has 5 nitrogen and oxygen atoms in total. The number of nitrogens with zero attached hydrogens (tertiary/aromatic N) is 1. The number of hydrogen-bond acceptors (Lipinski definition) is 4. The topological polar surface area (TPSA) is 67.2 Å². The van der Waals surface area contributed by atoms with Crippen molar-refractivity contribution in [3.63, 3.8) is 0 Å². The van der Waals surface area contributed by atoms with Gasteiger partial charge in [-0.05, 0) is 26.3 Å². The fourth-order valence-electron chi connectivity index (χ4n) is 1.70. The molecule has 0 radical (unpaired) electrons. The predicted octanol–water partition coefficient (Wildman–Crippen LogP) is 0.773. The molecule has 1 fully saturated rings. The Morgan fingerprint density at radius 2 is 2.56 bits per heavy atom. The van der Waals surface area contributed by atoms with Gasteiger partial charge in [0, 0.05) is 0 Å². The summed E-state index contributed by atoms with van der Waals surface area (Å²) in [6, 6.07) is -0.0304. The van der Waals surface area contributed by atoms with Gasteiger partial charge in [0.15, 0.2) is 6.39 Å². The lowest BCUT2D eigenvalue weighted by Crippen LogP contribution is -2.40. The lowest BCUT2D eigenvalue weighted by molar-refractivity contribution is -0.122. The summed E-state index contributed by atoms with van der Waals surface area (Å²) < 4.78 is 5.04. The Morgan fingerprint density at radius 3 is 3.12 bits per heavy atom. The van der Waals surface area contributed by atoms with Crippen molar-refractivity contribution in [2.45, 2.75) is 32.4 Å². The number of halogens is 1. The zero-order valence-corrected chi connectivity index (χ0v) is 9.97. The Kier molecular flexibility index (Phi) is 4.76. The minimum atomic E-state index is -0.0304. The van der Waals surface area contributed by atoms with Gasteiger partial charge in [-0.1, -0.05) is 0 Å². The molecule has 2 heterocycles. The van der Waals surface area contributed by atoms with Gasteiger partial charge >= 0.3 is 0 Å². The standard InChI is InChI=1S/C10H15N3O2.ClH/c1-7-9(13-6-15-7)5-12-10(14)8-3-2-4-11-8;/h6,8,11H,2-5H2,1H3,(H,12,14);1H/t8-;/m0./s1. The number of carbonyl (C=O) groups excluding carboxylic acids is 1. The van der Waals surface area contributed by atoms with E-state index in [1.54, 1.807) is 0 Å². The molecule has 0 aromatic carbocycles. The van der Waals surface area contributed by atoms with Crippen LogP contribution in [-0.2, 0) is 11.3 Å². The zero-order valence-electron chi connectivity index (χ0n) is 9.16. The highest BCUT2D eigenvalue weighted by Gasteiger charge is 2.21. The van der Waals surface area contributed by atoms with E-state index in [2.05, 4.69) is 15.6 Å². The number of rotatable bonds is 3. The fraction of sp³-hybridized carbons (Fsp3) is 0.600. The molecule has 2 N–H and O–H groups in total. The van der Waals surface area contributed by atoms with Crippen LogP contribution in [0.15, 0.2) is 10.8 Å². The van der Waals surface area contributed by atoms with Gasteiger partial charge in [0.05, 0.1) is 12.6 Å². The molecular weight excluding hydrogens is 230 g/mol. The van der Waals surface area contributed by atoms with Crippen LogP contribution in [0, 0.1) is 6.92 Å². The van der Waals surface area contributed by atoms with Gasteiger partial charge < -0.3 is 15.1 Å². The Labute approximate surface area is 100 Å². The van der Waals surface area contributed by atoms with Crippen LogP contribution in [0.4, 0.5) is 0 Å². The first-order chi connectivity index (χ1) is 7.27. The van der Waals surface area contributed by atoms with E-state index in [0.717, 1.165) is 30.8 Å². The van der Waals surface area contributed by atoms with Crippen LogP contribution in [-0.4, -0.2) is 23.5 Å². The van der Waals surface area contributed by atoms with Crippen molar-refractivity contribution >= 4 is 18.3 Å². The molecule has 16 heavy (non-hydrogen) atoms. The van der Waals surface area contributed by atoms with E-state index in [9.17, 15) is 4.79 Å². The first kappa shape index (κ1) is 13.0. The summed E-state index contributed by atoms with van der Waals surface area (Å²) in [7, 11) is 0. The maximum atomic E-state index is 11.6. The molecule has 0 aliphatic carbocycles. The van der Waals surface area contributed by atoms with Gasteiger partial charge in [-0.3, -0.25) is 4.79 Å². The lowest BCUT2D eigenvalue weighted by atomic mass is 10.2. The molecule has 90 valence electrons. The van der Waals surface area contributed by atoms with Gasteiger partial charge in [0.2, 0.25) is 5.91 Å². The second-order valence-corrected chi connectivity index (χ2v) is 3.72. The van der Waals surface area contributed by atoms with Crippen LogP contribution in [0.3, 0.4) is 0 Å². The summed E-state index contributed by atoms with van der Waals surface area (Å²) in [4.78, 5) is 15.6. The van der Waals surface area contributed by atoms with Crippen LogP contribution >= 0.6 is 12.4 Å². The zero-order chi connectivity index (χ0) is 10.7.